The monoisotopic (exact) mass is 902 g/mol. The molecule has 64 heavy (non-hydrogen) atoms. The number of benzene rings is 2. The summed E-state index contributed by atoms with van der Waals surface area (Å²) in [7, 11) is 1.53. The predicted octanol–water partition coefficient (Wildman–Crippen LogP) is 3.40. The van der Waals surface area contributed by atoms with Gasteiger partial charge in [-0.2, -0.15) is 0 Å². The molecule has 0 aliphatic carbocycles. The lowest BCUT2D eigenvalue weighted by Crippen LogP contribution is -2.16. The van der Waals surface area contributed by atoms with Gasteiger partial charge in [-0.1, -0.05) is 39.1 Å². The van der Waals surface area contributed by atoms with Gasteiger partial charge in [-0.3, -0.25) is 4.79 Å². The van der Waals surface area contributed by atoms with Crippen molar-refractivity contribution in [3.8, 4) is 0 Å². The van der Waals surface area contributed by atoms with Crippen molar-refractivity contribution in [2.75, 3.05) is 60.0 Å². The lowest BCUT2D eigenvalue weighted by atomic mass is 10.1. The van der Waals surface area contributed by atoms with Crippen molar-refractivity contribution in [1.29, 1.82) is 0 Å². The molecule has 2 aromatic rings. The summed E-state index contributed by atoms with van der Waals surface area (Å²) in [4.78, 5) is 112. The van der Waals surface area contributed by atoms with Gasteiger partial charge in [-0.15, -0.1) is 0 Å². The van der Waals surface area contributed by atoms with Gasteiger partial charge in [0.2, 0.25) is 0 Å². The van der Waals surface area contributed by atoms with Gasteiger partial charge < -0.3 is 48.1 Å². The second-order valence-electron chi connectivity index (χ2n) is 11.7. The Hall–Kier alpha value is -7.16. The van der Waals surface area contributed by atoms with Crippen LogP contribution in [0.15, 0.2) is 85.0 Å². The first-order valence-corrected chi connectivity index (χ1v) is 18.5. The molecule has 2 heterocycles. The second kappa shape index (κ2) is 35.4. The van der Waals surface area contributed by atoms with Crippen LogP contribution in [-0.2, 0) is 66.7 Å². The number of carbonyl (C=O) groups is 10. The topological polar surface area (TPSA) is 285 Å². The highest BCUT2D eigenvalue weighted by atomic mass is 16.6. The van der Waals surface area contributed by atoms with Crippen molar-refractivity contribution in [2.24, 2.45) is 0 Å². The van der Waals surface area contributed by atoms with Crippen molar-refractivity contribution in [2.45, 2.75) is 47.5 Å². The number of allylic oxidation sites excluding steroid dienone is 1. The third kappa shape index (κ3) is 26.2. The molecule has 2 N–H and O–H groups in total. The van der Waals surface area contributed by atoms with Crippen LogP contribution in [0.25, 0.3) is 0 Å². The average Bonchev–Trinajstić information content (AvgIpc) is 3.79. The summed E-state index contributed by atoms with van der Waals surface area (Å²) in [5.41, 5.74) is 0.705. The van der Waals surface area contributed by atoms with E-state index in [1.54, 1.807) is 36.4 Å². The summed E-state index contributed by atoms with van der Waals surface area (Å²) in [6, 6.07) is 12.4. The lowest BCUT2D eigenvalue weighted by molar-refractivity contribution is -0.150. The maximum absolute atomic E-state index is 12.4. The van der Waals surface area contributed by atoms with E-state index in [0.717, 1.165) is 36.5 Å². The maximum Gasteiger partial charge on any atom is 0.346 e. The quantitative estimate of drug-likeness (QED) is 0.0633. The zero-order chi connectivity index (χ0) is 46.1. The summed E-state index contributed by atoms with van der Waals surface area (Å²) in [5, 5.41) is 15.8. The van der Waals surface area contributed by atoms with Crippen molar-refractivity contribution < 1.29 is 96.1 Å². The van der Waals surface area contributed by atoms with Crippen molar-refractivity contribution in [1.82, 2.24) is 0 Å². The molecule has 2 aromatic carbocycles. The molecule has 0 amide bonds. The largest absolute Gasteiger partial charge is 0.462 e. The number of aliphatic hydroxyl groups excluding tert-OH is 2. The summed E-state index contributed by atoms with van der Waals surface area (Å²) >= 11 is 0. The Kier molecular flexibility index (Phi) is 32.6. The molecule has 0 aromatic heterocycles. The number of rotatable bonds is 20. The molecule has 2 aliphatic rings. The zero-order valence-corrected chi connectivity index (χ0v) is 33.8. The van der Waals surface area contributed by atoms with Gasteiger partial charge in [0.1, 0.15) is 0 Å². The highest BCUT2D eigenvalue weighted by molar-refractivity contribution is 6.14. The van der Waals surface area contributed by atoms with Gasteiger partial charge in [-0.05, 0) is 43.7 Å². The van der Waals surface area contributed by atoms with Crippen molar-refractivity contribution >= 4 is 59.5 Å². The van der Waals surface area contributed by atoms with Crippen LogP contribution in [0.4, 0.5) is 0 Å². The van der Waals surface area contributed by atoms with Crippen molar-refractivity contribution in [3.63, 3.8) is 0 Å². The fraction of sp³-hybridized carbons (Fsp3) is 0.364. The van der Waals surface area contributed by atoms with E-state index >= 15 is 0 Å². The van der Waals surface area contributed by atoms with Crippen molar-refractivity contribution in [3.05, 3.63) is 107 Å². The molecule has 0 bridgehead atoms. The summed E-state index contributed by atoms with van der Waals surface area (Å²) in [5.74, 6) is -6.21. The minimum absolute atomic E-state index is 0. The van der Waals surface area contributed by atoms with Crippen LogP contribution < -0.4 is 0 Å². The van der Waals surface area contributed by atoms with E-state index in [9.17, 15) is 47.9 Å². The van der Waals surface area contributed by atoms with E-state index in [4.69, 9.17) is 38.6 Å². The SMILES string of the molecule is C.C.COCCCOC(=O)/C=C/C(=O)OCCCOC(=O)c1ccccc1C(=O)OCCCOC(=O)/C=C/C(C)=O.O=C1C=CC(=O)O1.O=C1OC(=O)c2ccccc21.OCCCO. The molecule has 0 atom stereocenters. The molecule has 0 unspecified atom stereocenters. The van der Waals surface area contributed by atoms with E-state index in [1.807, 2.05) is 0 Å². The molecule has 0 fully saturated rings. The van der Waals surface area contributed by atoms with Crippen LogP contribution in [0.5, 0.6) is 0 Å². The van der Waals surface area contributed by atoms with E-state index < -0.39 is 53.7 Å². The molecule has 350 valence electrons. The summed E-state index contributed by atoms with van der Waals surface area (Å²) in [6.45, 7) is 1.83. The minimum Gasteiger partial charge on any atom is -0.462 e. The van der Waals surface area contributed by atoms with E-state index in [2.05, 4.69) is 9.47 Å². The lowest BCUT2D eigenvalue weighted by Gasteiger charge is -2.10. The number of carbonyl (C=O) groups excluding carboxylic acids is 10. The Morgan fingerprint density at radius 1 is 0.516 bits per heavy atom. The Morgan fingerprint density at radius 2 is 0.875 bits per heavy atom. The number of esters is 9. The minimum atomic E-state index is -0.767. The standard InChI is InChI=1S/C27H32O12.C8H4O3.C4H2O3.C3H8O2.2CH4/c1-20(28)10-11-23(29)36-16-6-18-38-26(32)21-8-3-4-9-22(21)27(33)39-19-7-17-37-25(31)13-12-24(30)35-15-5-14-34-2;9-7-5-3-1-2-4-6(5)8(10)11-7;5-3-1-2-4(6)7-3;4-2-1-3-5;;/h3-4,8-13H,5-7,14-19H2,1-2H3;1-4H;1-2H;4-5H,1-3H2;2*1H4/b11-10+,13-12+;;;;;. The van der Waals surface area contributed by atoms with E-state index in [1.165, 1.54) is 26.2 Å². The Morgan fingerprint density at radius 3 is 1.20 bits per heavy atom. The molecular formula is C44H54O20. The first-order chi connectivity index (χ1) is 29.7. The van der Waals surface area contributed by atoms with Crippen LogP contribution in [0.1, 0.15) is 88.9 Å². The van der Waals surface area contributed by atoms with Gasteiger partial charge in [-0.25, -0.2) is 43.2 Å². The third-order valence-electron chi connectivity index (χ3n) is 6.87. The number of cyclic esters (lactones) is 4. The molecule has 4 rings (SSSR count). The van der Waals surface area contributed by atoms with Crippen LogP contribution in [0.3, 0.4) is 0 Å². The number of hydrogen-bond donors (Lipinski definition) is 2. The first kappa shape index (κ1) is 58.9. The Bertz CT molecular complexity index is 1890. The fourth-order valence-corrected chi connectivity index (χ4v) is 4.04. The molecule has 20 heteroatoms. The fourth-order valence-electron chi connectivity index (χ4n) is 4.04. The third-order valence-corrected chi connectivity index (χ3v) is 6.87. The van der Waals surface area contributed by atoms with E-state index in [0.29, 0.717) is 30.6 Å². The number of fused-ring (bicyclic) bond motifs is 1. The van der Waals surface area contributed by atoms with Gasteiger partial charge in [0.15, 0.2) is 5.78 Å². The van der Waals surface area contributed by atoms with E-state index in [-0.39, 0.29) is 90.9 Å². The van der Waals surface area contributed by atoms with Gasteiger partial charge in [0.05, 0.1) is 55.3 Å². The maximum atomic E-state index is 12.4. The number of ketones is 1. The molecular weight excluding hydrogens is 848 g/mol. The zero-order valence-electron chi connectivity index (χ0n) is 33.8. The van der Waals surface area contributed by atoms with Crippen LogP contribution in [0.2, 0.25) is 0 Å². The number of hydrogen-bond acceptors (Lipinski definition) is 20. The molecule has 0 spiro atoms. The molecule has 20 nitrogen and oxygen atoms in total. The highest BCUT2D eigenvalue weighted by Gasteiger charge is 2.28. The normalized spacial score (nSPS) is 11.6. The Balaban J connectivity index is 0. The first-order valence-electron chi connectivity index (χ1n) is 18.5. The number of methoxy groups -OCH3 is 1. The van der Waals surface area contributed by atoms with Crippen LogP contribution in [0, 0.1) is 0 Å². The molecule has 0 saturated carbocycles. The van der Waals surface area contributed by atoms with Crippen LogP contribution >= 0.6 is 0 Å². The Labute approximate surface area is 369 Å². The molecule has 0 radical (unpaired) electrons. The van der Waals surface area contributed by atoms with Gasteiger partial charge in [0.25, 0.3) is 0 Å². The van der Waals surface area contributed by atoms with Crippen LogP contribution in [-0.4, -0.2) is 130 Å². The second-order valence-corrected chi connectivity index (χ2v) is 11.7. The van der Waals surface area contributed by atoms with Gasteiger partial charge in [0, 0.05) is 76.6 Å². The predicted molar refractivity (Wildman–Crippen MR) is 223 cm³/mol. The highest BCUT2D eigenvalue weighted by Crippen LogP contribution is 2.18. The molecule has 0 saturated heterocycles. The smallest absolute Gasteiger partial charge is 0.346 e. The summed E-state index contributed by atoms with van der Waals surface area (Å²) < 4.78 is 38.1. The average molecular weight is 903 g/mol. The molecule has 2 aliphatic heterocycles. The number of aliphatic hydroxyl groups is 2. The van der Waals surface area contributed by atoms with Gasteiger partial charge >= 0.3 is 53.7 Å². The summed E-state index contributed by atoms with van der Waals surface area (Å²) in [6.07, 6.45) is 7.56. The number of ether oxygens (including phenoxy) is 8.